The first-order valence-corrected chi connectivity index (χ1v) is 10.1. The van der Waals surface area contributed by atoms with E-state index >= 15 is 0 Å². The van der Waals surface area contributed by atoms with Crippen LogP contribution in [0.15, 0.2) is 29.1 Å². The van der Waals surface area contributed by atoms with Crippen molar-refractivity contribution >= 4 is 44.0 Å². The van der Waals surface area contributed by atoms with Gasteiger partial charge in [-0.15, -0.1) is 11.3 Å². The highest BCUT2D eigenvalue weighted by Gasteiger charge is 2.23. The van der Waals surface area contributed by atoms with Gasteiger partial charge in [0.1, 0.15) is 15.3 Å². The molecule has 27 heavy (non-hydrogen) atoms. The lowest BCUT2D eigenvalue weighted by molar-refractivity contribution is 0.415. The van der Waals surface area contributed by atoms with Crippen LogP contribution in [-0.4, -0.2) is 22.1 Å². The molecule has 0 amide bonds. The number of nitrogens with zero attached hydrogens (tertiary/aromatic N) is 1. The summed E-state index contributed by atoms with van der Waals surface area (Å²) in [5.74, 6) is 0.823. The van der Waals surface area contributed by atoms with Gasteiger partial charge in [0.05, 0.1) is 12.6 Å². The summed E-state index contributed by atoms with van der Waals surface area (Å²) in [5, 5.41) is 0.998. The van der Waals surface area contributed by atoms with Gasteiger partial charge in [-0.05, 0) is 66.7 Å². The molecule has 0 spiro atoms. The number of benzene rings is 1. The van der Waals surface area contributed by atoms with Crippen LogP contribution in [0.25, 0.3) is 31.6 Å². The average molecular weight is 396 g/mol. The highest BCUT2D eigenvalue weighted by molar-refractivity contribution is 7.71. The fourth-order valence-corrected chi connectivity index (χ4v) is 5.19. The SMILES string of the molecule is COc1ccc(-c2c3c(nc4sc5c(=O)[nH]c(=S)[nH]c5c24)CCCC3)cc1. The van der Waals surface area contributed by atoms with Crippen molar-refractivity contribution in [2.24, 2.45) is 0 Å². The lowest BCUT2D eigenvalue weighted by Gasteiger charge is -2.20. The van der Waals surface area contributed by atoms with Gasteiger partial charge in [-0.2, -0.15) is 0 Å². The van der Waals surface area contributed by atoms with E-state index in [0.29, 0.717) is 9.47 Å². The van der Waals surface area contributed by atoms with Crippen molar-refractivity contribution in [3.8, 4) is 16.9 Å². The van der Waals surface area contributed by atoms with Gasteiger partial charge >= 0.3 is 0 Å². The van der Waals surface area contributed by atoms with E-state index in [1.807, 2.05) is 12.1 Å². The fraction of sp³-hybridized carbons (Fsp3) is 0.250. The number of hydrogen-bond donors (Lipinski definition) is 2. The highest BCUT2D eigenvalue weighted by atomic mass is 32.1. The molecule has 0 saturated carbocycles. The smallest absolute Gasteiger partial charge is 0.269 e. The second kappa shape index (κ2) is 6.28. The predicted molar refractivity (Wildman–Crippen MR) is 112 cm³/mol. The largest absolute Gasteiger partial charge is 0.497 e. The molecule has 0 atom stereocenters. The molecule has 7 heteroatoms. The number of hydrogen-bond acceptors (Lipinski definition) is 5. The Morgan fingerprint density at radius 1 is 1.15 bits per heavy atom. The zero-order valence-electron chi connectivity index (χ0n) is 14.7. The van der Waals surface area contributed by atoms with Gasteiger partial charge in [0.25, 0.3) is 5.56 Å². The number of ether oxygens (including phenoxy) is 1. The Morgan fingerprint density at radius 3 is 2.70 bits per heavy atom. The molecule has 0 unspecified atom stereocenters. The van der Waals surface area contributed by atoms with Crippen LogP contribution in [0.5, 0.6) is 5.75 Å². The maximum atomic E-state index is 12.4. The minimum absolute atomic E-state index is 0.157. The Hall–Kier alpha value is -2.51. The number of thiophene rings is 1. The van der Waals surface area contributed by atoms with Crippen molar-refractivity contribution < 1.29 is 4.74 Å². The molecule has 0 aliphatic heterocycles. The van der Waals surface area contributed by atoms with Gasteiger partial charge in [0.15, 0.2) is 4.77 Å². The van der Waals surface area contributed by atoms with Crippen molar-refractivity contribution in [3.63, 3.8) is 0 Å². The van der Waals surface area contributed by atoms with E-state index in [-0.39, 0.29) is 5.56 Å². The highest BCUT2D eigenvalue weighted by Crippen LogP contribution is 2.42. The molecule has 1 aliphatic carbocycles. The molecular formula is C20H17N3O2S2. The average Bonchev–Trinajstić information content (AvgIpc) is 3.05. The Kier molecular flexibility index (Phi) is 3.87. The van der Waals surface area contributed by atoms with Crippen LogP contribution in [-0.2, 0) is 12.8 Å². The van der Waals surface area contributed by atoms with Gasteiger partial charge < -0.3 is 9.72 Å². The molecule has 4 aromatic rings. The van der Waals surface area contributed by atoms with E-state index in [1.54, 1.807) is 7.11 Å². The molecule has 5 nitrogen and oxygen atoms in total. The third kappa shape index (κ3) is 2.61. The maximum absolute atomic E-state index is 12.4. The molecular weight excluding hydrogens is 378 g/mol. The van der Waals surface area contributed by atoms with Crippen LogP contribution in [0.4, 0.5) is 0 Å². The normalized spacial score (nSPS) is 13.8. The number of methoxy groups -OCH3 is 1. The summed E-state index contributed by atoms with van der Waals surface area (Å²) in [5.41, 5.74) is 5.35. The van der Waals surface area contributed by atoms with Crippen molar-refractivity contribution in [2.45, 2.75) is 25.7 Å². The summed E-state index contributed by atoms with van der Waals surface area (Å²) in [6.45, 7) is 0. The van der Waals surface area contributed by atoms with Crippen molar-refractivity contribution in [3.05, 3.63) is 50.6 Å². The Balaban J connectivity index is 1.95. The molecule has 1 aliphatic rings. The molecule has 3 heterocycles. The number of fused-ring (bicyclic) bond motifs is 4. The van der Waals surface area contributed by atoms with Crippen LogP contribution < -0.4 is 10.3 Å². The Labute approximate surface area is 164 Å². The summed E-state index contributed by atoms with van der Waals surface area (Å²) in [7, 11) is 1.67. The number of aromatic amines is 2. The van der Waals surface area contributed by atoms with Crippen molar-refractivity contribution in [1.29, 1.82) is 0 Å². The third-order valence-electron chi connectivity index (χ3n) is 5.17. The van der Waals surface area contributed by atoms with Crippen LogP contribution in [0.3, 0.4) is 0 Å². The summed E-state index contributed by atoms with van der Waals surface area (Å²) in [4.78, 5) is 24.1. The number of pyridine rings is 1. The van der Waals surface area contributed by atoms with Gasteiger partial charge in [0, 0.05) is 11.1 Å². The van der Waals surface area contributed by atoms with Crippen LogP contribution in [0.2, 0.25) is 0 Å². The minimum atomic E-state index is -0.157. The van der Waals surface area contributed by atoms with Crippen molar-refractivity contribution in [2.75, 3.05) is 7.11 Å². The maximum Gasteiger partial charge on any atom is 0.269 e. The fourth-order valence-electron chi connectivity index (χ4n) is 3.95. The summed E-state index contributed by atoms with van der Waals surface area (Å²) in [6, 6.07) is 8.10. The molecule has 136 valence electrons. The number of aromatic nitrogens is 3. The minimum Gasteiger partial charge on any atom is -0.497 e. The summed E-state index contributed by atoms with van der Waals surface area (Å²) < 4.78 is 6.30. The van der Waals surface area contributed by atoms with E-state index in [1.165, 1.54) is 22.5 Å². The second-order valence-electron chi connectivity index (χ2n) is 6.74. The third-order valence-corrected chi connectivity index (χ3v) is 6.45. The van der Waals surface area contributed by atoms with Gasteiger partial charge in [-0.3, -0.25) is 9.78 Å². The lowest BCUT2D eigenvalue weighted by Crippen LogP contribution is -2.08. The zero-order chi connectivity index (χ0) is 18.5. The first kappa shape index (κ1) is 16.6. The molecule has 0 saturated heterocycles. The van der Waals surface area contributed by atoms with E-state index in [9.17, 15) is 4.79 Å². The zero-order valence-corrected chi connectivity index (χ0v) is 16.4. The first-order chi connectivity index (χ1) is 13.2. The second-order valence-corrected chi connectivity index (χ2v) is 8.15. The number of H-pyrrole nitrogens is 2. The molecule has 1 aromatic carbocycles. The van der Waals surface area contributed by atoms with Gasteiger partial charge in [-0.25, -0.2) is 4.98 Å². The van der Waals surface area contributed by atoms with Gasteiger partial charge in [-0.1, -0.05) is 12.1 Å². The monoisotopic (exact) mass is 395 g/mol. The lowest BCUT2D eigenvalue weighted by atomic mass is 9.87. The van der Waals surface area contributed by atoms with E-state index in [4.69, 9.17) is 21.9 Å². The number of aryl methyl sites for hydroxylation is 1. The Morgan fingerprint density at radius 2 is 1.93 bits per heavy atom. The number of rotatable bonds is 2. The van der Waals surface area contributed by atoms with Crippen LogP contribution >= 0.6 is 23.6 Å². The summed E-state index contributed by atoms with van der Waals surface area (Å²) in [6.07, 6.45) is 4.29. The van der Waals surface area contributed by atoms with Gasteiger partial charge in [0.2, 0.25) is 0 Å². The van der Waals surface area contributed by atoms with E-state index in [0.717, 1.165) is 58.4 Å². The van der Waals surface area contributed by atoms with Crippen molar-refractivity contribution in [1.82, 2.24) is 15.0 Å². The molecule has 0 fully saturated rings. The summed E-state index contributed by atoms with van der Waals surface area (Å²) >= 11 is 6.66. The molecule has 3 aromatic heterocycles. The van der Waals surface area contributed by atoms with Crippen LogP contribution in [0, 0.1) is 4.77 Å². The molecule has 2 N–H and O–H groups in total. The topological polar surface area (TPSA) is 70.8 Å². The van der Waals surface area contributed by atoms with E-state index in [2.05, 4.69) is 22.1 Å². The molecule has 0 radical (unpaired) electrons. The van der Waals surface area contributed by atoms with E-state index < -0.39 is 0 Å². The molecule has 0 bridgehead atoms. The first-order valence-electron chi connectivity index (χ1n) is 8.90. The quantitative estimate of drug-likeness (QED) is 0.481. The number of nitrogens with one attached hydrogen (secondary N) is 2. The molecule has 5 rings (SSSR count). The predicted octanol–water partition coefficient (Wildman–Crippen LogP) is 4.75. The Bertz CT molecular complexity index is 1300. The standard InChI is InChI=1S/C20H17N3O2S2/c1-25-11-8-6-10(7-9-11)14-12-4-2-3-5-13(12)21-19-15(14)16-17(27-19)18(24)23-20(26)22-16/h6-9H,2-5H2,1H3,(H2,22,23,24,26). The van der Waals surface area contributed by atoms with Crippen LogP contribution in [0.1, 0.15) is 24.1 Å².